The highest BCUT2D eigenvalue weighted by Crippen LogP contribution is 2.28. The van der Waals surface area contributed by atoms with Crippen molar-refractivity contribution in [3.8, 4) is 11.5 Å². The molecule has 2 rings (SSSR count). The summed E-state index contributed by atoms with van der Waals surface area (Å²) in [5.41, 5.74) is 1.40. The van der Waals surface area contributed by atoms with Gasteiger partial charge in [-0.2, -0.15) is 0 Å². The Hall–Kier alpha value is -3.02. The first-order valence-corrected chi connectivity index (χ1v) is 7.26. The number of hydrogen-bond donors (Lipinski definition) is 0. The van der Waals surface area contributed by atoms with Crippen LogP contribution in [0.2, 0.25) is 0 Å². The number of hydroxylamine groups is 1. The molecular formula is C18H19NO5. The van der Waals surface area contributed by atoms with Crippen molar-refractivity contribution < 1.29 is 23.7 Å². The lowest BCUT2D eigenvalue weighted by Crippen LogP contribution is -2.12. The highest BCUT2D eigenvalue weighted by Gasteiger charge is 2.21. The molecule has 0 bridgehead atoms. The highest BCUT2D eigenvalue weighted by molar-refractivity contribution is 6.01. The van der Waals surface area contributed by atoms with E-state index in [-0.39, 0.29) is 17.9 Å². The van der Waals surface area contributed by atoms with Crippen molar-refractivity contribution in [2.75, 3.05) is 21.3 Å². The first kappa shape index (κ1) is 17.3. The molecule has 0 aliphatic heterocycles. The van der Waals surface area contributed by atoms with Crippen molar-refractivity contribution in [2.45, 2.75) is 6.54 Å². The van der Waals surface area contributed by atoms with Crippen LogP contribution in [0.3, 0.4) is 0 Å². The average Bonchev–Trinajstić information content (AvgIpc) is 2.61. The van der Waals surface area contributed by atoms with Crippen molar-refractivity contribution in [2.24, 2.45) is 0 Å². The van der Waals surface area contributed by atoms with Crippen molar-refractivity contribution in [3.63, 3.8) is 0 Å². The fourth-order valence-electron chi connectivity index (χ4n) is 2.28. The molecule has 0 unspecified atom stereocenters. The molecule has 0 atom stereocenters. The minimum absolute atomic E-state index is 0.154. The minimum atomic E-state index is -0.589. The Bertz CT molecular complexity index is 741. The molecule has 0 saturated heterocycles. The Labute approximate surface area is 140 Å². The van der Waals surface area contributed by atoms with Gasteiger partial charge in [-0.15, -0.1) is 0 Å². The fraction of sp³-hybridized carbons (Fsp3) is 0.222. The second-order valence-corrected chi connectivity index (χ2v) is 4.98. The third-order valence-electron chi connectivity index (χ3n) is 3.42. The number of carbonyl (C=O) groups excluding carboxylic acids is 1. The maximum atomic E-state index is 12.3. The molecule has 0 amide bonds. The molecule has 0 heterocycles. The Balaban J connectivity index is 2.46. The zero-order valence-electron chi connectivity index (χ0n) is 13.8. The number of esters is 1. The average molecular weight is 329 g/mol. The van der Waals surface area contributed by atoms with E-state index in [1.54, 1.807) is 12.1 Å². The molecule has 0 radical (unpaired) electrons. The van der Waals surface area contributed by atoms with E-state index >= 15 is 0 Å². The maximum absolute atomic E-state index is 12.3. The SMILES string of the molecule is COC(=O)c1c(/C=[N+](\[O-])Cc2ccccc2)cc(OC)cc1OC. The number of ether oxygens (including phenoxy) is 3. The standard InChI is InChI=1S/C18H19NO5/c1-22-15-9-14(17(18(20)24-3)16(10-15)23-2)12-19(21)11-13-7-5-4-6-8-13/h4-10,12H,11H2,1-3H3/b19-12-. The van der Waals surface area contributed by atoms with Gasteiger partial charge in [-0.05, 0) is 6.07 Å². The summed E-state index contributed by atoms with van der Waals surface area (Å²) >= 11 is 0. The number of rotatable bonds is 6. The van der Waals surface area contributed by atoms with Gasteiger partial charge in [-0.1, -0.05) is 30.3 Å². The van der Waals surface area contributed by atoms with Crippen LogP contribution in [-0.4, -0.2) is 38.3 Å². The smallest absolute Gasteiger partial charge is 0.342 e. The zero-order valence-corrected chi connectivity index (χ0v) is 13.8. The van der Waals surface area contributed by atoms with Gasteiger partial charge in [0, 0.05) is 11.6 Å². The quantitative estimate of drug-likeness (QED) is 0.268. The molecule has 6 nitrogen and oxygen atoms in total. The van der Waals surface area contributed by atoms with E-state index < -0.39 is 5.97 Å². The van der Waals surface area contributed by atoms with Crippen molar-refractivity contribution >= 4 is 12.2 Å². The largest absolute Gasteiger partial charge is 0.624 e. The second-order valence-electron chi connectivity index (χ2n) is 4.98. The van der Waals surface area contributed by atoms with Crippen molar-refractivity contribution in [1.82, 2.24) is 0 Å². The molecule has 0 saturated carbocycles. The Morgan fingerprint density at radius 2 is 1.83 bits per heavy atom. The molecular weight excluding hydrogens is 310 g/mol. The lowest BCUT2D eigenvalue weighted by atomic mass is 10.1. The molecule has 0 fully saturated rings. The predicted octanol–water partition coefficient (Wildman–Crippen LogP) is 2.62. The maximum Gasteiger partial charge on any atom is 0.342 e. The molecule has 2 aromatic carbocycles. The predicted molar refractivity (Wildman–Crippen MR) is 89.8 cm³/mol. The highest BCUT2D eigenvalue weighted by atomic mass is 16.5. The van der Waals surface area contributed by atoms with E-state index in [2.05, 4.69) is 0 Å². The van der Waals surface area contributed by atoms with E-state index in [1.165, 1.54) is 27.5 Å². The summed E-state index contributed by atoms with van der Waals surface area (Å²) < 4.78 is 16.0. The van der Waals surface area contributed by atoms with E-state index in [0.29, 0.717) is 11.3 Å². The lowest BCUT2D eigenvalue weighted by molar-refractivity contribution is -0.469. The summed E-state index contributed by atoms with van der Waals surface area (Å²) in [7, 11) is 4.20. The van der Waals surface area contributed by atoms with Crippen LogP contribution in [0.1, 0.15) is 21.5 Å². The molecule has 0 aromatic heterocycles. The molecule has 2 aromatic rings. The van der Waals surface area contributed by atoms with Crippen LogP contribution in [-0.2, 0) is 11.3 Å². The first-order chi connectivity index (χ1) is 11.6. The topological polar surface area (TPSA) is 70.8 Å². The van der Waals surface area contributed by atoms with E-state index in [9.17, 15) is 10.0 Å². The number of methoxy groups -OCH3 is 3. The van der Waals surface area contributed by atoms with Gasteiger partial charge in [-0.3, -0.25) is 0 Å². The van der Waals surface area contributed by atoms with Crippen LogP contribution in [0.4, 0.5) is 0 Å². The van der Waals surface area contributed by atoms with Crippen LogP contribution >= 0.6 is 0 Å². The normalized spacial score (nSPS) is 11.0. The van der Waals surface area contributed by atoms with Gasteiger partial charge in [0.15, 0.2) is 12.8 Å². The molecule has 0 N–H and O–H groups in total. The monoisotopic (exact) mass is 329 g/mol. The molecule has 0 aliphatic carbocycles. The zero-order chi connectivity index (χ0) is 17.5. The summed E-state index contributed by atoms with van der Waals surface area (Å²) in [5.74, 6) is 0.160. The van der Waals surface area contributed by atoms with Crippen LogP contribution in [0.15, 0.2) is 42.5 Å². The first-order valence-electron chi connectivity index (χ1n) is 7.26. The Kier molecular flexibility index (Phi) is 5.78. The summed E-state index contributed by atoms with van der Waals surface area (Å²) in [5, 5.41) is 12.3. The minimum Gasteiger partial charge on any atom is -0.624 e. The van der Waals surface area contributed by atoms with Gasteiger partial charge < -0.3 is 19.4 Å². The van der Waals surface area contributed by atoms with Crippen molar-refractivity contribution in [3.05, 3.63) is 64.4 Å². The molecule has 126 valence electrons. The number of hydrogen-bond acceptors (Lipinski definition) is 5. The third kappa shape index (κ3) is 4.04. The van der Waals surface area contributed by atoms with Gasteiger partial charge in [-0.25, -0.2) is 9.53 Å². The molecule has 0 spiro atoms. The van der Waals surface area contributed by atoms with Crippen molar-refractivity contribution in [1.29, 1.82) is 0 Å². The van der Waals surface area contributed by atoms with Crippen LogP contribution in [0, 0.1) is 5.21 Å². The Morgan fingerprint density at radius 1 is 1.12 bits per heavy atom. The summed E-state index contributed by atoms with van der Waals surface area (Å²) in [6.07, 6.45) is 1.32. The van der Waals surface area contributed by atoms with Gasteiger partial charge in [0.1, 0.15) is 17.1 Å². The van der Waals surface area contributed by atoms with Gasteiger partial charge >= 0.3 is 5.97 Å². The van der Waals surface area contributed by atoms with Crippen LogP contribution in [0.25, 0.3) is 0 Å². The summed E-state index contributed by atoms with van der Waals surface area (Å²) in [4.78, 5) is 12.1. The summed E-state index contributed by atoms with van der Waals surface area (Å²) in [6, 6.07) is 12.5. The van der Waals surface area contributed by atoms with Gasteiger partial charge in [0.25, 0.3) is 0 Å². The number of carbonyl (C=O) groups is 1. The number of nitrogens with zero attached hydrogens (tertiary/aromatic N) is 1. The van der Waals surface area contributed by atoms with Gasteiger partial charge in [0.2, 0.25) is 0 Å². The summed E-state index contributed by atoms with van der Waals surface area (Å²) in [6.45, 7) is 0.154. The third-order valence-corrected chi connectivity index (χ3v) is 3.42. The van der Waals surface area contributed by atoms with Crippen LogP contribution < -0.4 is 9.47 Å². The lowest BCUT2D eigenvalue weighted by Gasteiger charge is -2.12. The Morgan fingerprint density at radius 3 is 2.42 bits per heavy atom. The van der Waals surface area contributed by atoms with E-state index in [4.69, 9.17) is 14.2 Å². The second kappa shape index (κ2) is 8.01. The number of benzene rings is 2. The van der Waals surface area contributed by atoms with Crippen LogP contribution in [0.5, 0.6) is 11.5 Å². The van der Waals surface area contributed by atoms with E-state index in [0.717, 1.165) is 10.3 Å². The molecule has 0 aliphatic rings. The molecule has 24 heavy (non-hydrogen) atoms. The fourth-order valence-corrected chi connectivity index (χ4v) is 2.28. The van der Waals surface area contributed by atoms with Gasteiger partial charge in [0.05, 0.1) is 26.9 Å². The molecule has 6 heteroatoms. The van der Waals surface area contributed by atoms with E-state index in [1.807, 2.05) is 30.3 Å².